The highest BCUT2D eigenvalue weighted by Gasteiger charge is 2.09. The van der Waals surface area contributed by atoms with Gasteiger partial charge in [0.25, 0.3) is 0 Å². The maximum atomic E-state index is 13.0. The quantitative estimate of drug-likeness (QED) is 0.894. The molecule has 84 valence electrons. The second-order valence-corrected chi connectivity index (χ2v) is 4.53. The number of halogens is 2. The second-order valence-electron chi connectivity index (χ2n) is 3.40. The van der Waals surface area contributed by atoms with Gasteiger partial charge >= 0.3 is 0 Å². The number of anilines is 1. The van der Waals surface area contributed by atoms with Gasteiger partial charge < -0.3 is 5.32 Å². The van der Waals surface area contributed by atoms with Crippen LogP contribution in [0.3, 0.4) is 0 Å². The van der Waals surface area contributed by atoms with Crippen LogP contribution in [-0.2, 0) is 0 Å². The van der Waals surface area contributed by atoms with Crippen molar-refractivity contribution < 1.29 is 4.39 Å². The van der Waals surface area contributed by atoms with Crippen LogP contribution >= 0.6 is 22.9 Å². The highest BCUT2D eigenvalue weighted by molar-refractivity contribution is 7.07. The number of nitrogens with one attached hydrogen (secondary N) is 1. The van der Waals surface area contributed by atoms with E-state index in [0.717, 1.165) is 5.69 Å². The van der Waals surface area contributed by atoms with Gasteiger partial charge in [-0.1, -0.05) is 11.6 Å². The lowest BCUT2D eigenvalue weighted by atomic mass is 10.2. The zero-order valence-corrected chi connectivity index (χ0v) is 10.1. The average Bonchev–Trinajstić information content (AvgIpc) is 2.76. The van der Waals surface area contributed by atoms with Crippen molar-refractivity contribution in [1.82, 2.24) is 4.98 Å². The molecular formula is C11H10ClFN2S. The van der Waals surface area contributed by atoms with Gasteiger partial charge in [0, 0.05) is 5.38 Å². The summed E-state index contributed by atoms with van der Waals surface area (Å²) in [6, 6.07) is 4.25. The number of benzene rings is 1. The van der Waals surface area contributed by atoms with Gasteiger partial charge in [0.15, 0.2) is 0 Å². The SMILES string of the molecule is CC(Nc1cc(F)ccc1Cl)c1cscn1. The highest BCUT2D eigenvalue weighted by Crippen LogP contribution is 2.26. The molecule has 16 heavy (non-hydrogen) atoms. The fraction of sp³-hybridized carbons (Fsp3) is 0.182. The van der Waals surface area contributed by atoms with Gasteiger partial charge in [0.05, 0.1) is 28.0 Å². The lowest BCUT2D eigenvalue weighted by molar-refractivity contribution is 0.628. The Hall–Kier alpha value is -1.13. The van der Waals surface area contributed by atoms with Crippen LogP contribution in [0.25, 0.3) is 0 Å². The number of hydrogen-bond donors (Lipinski definition) is 1. The van der Waals surface area contributed by atoms with E-state index in [2.05, 4.69) is 10.3 Å². The van der Waals surface area contributed by atoms with E-state index < -0.39 is 0 Å². The van der Waals surface area contributed by atoms with Crippen molar-refractivity contribution in [3.05, 3.63) is 45.6 Å². The van der Waals surface area contributed by atoms with E-state index in [1.165, 1.54) is 29.5 Å². The molecule has 0 aliphatic rings. The normalized spacial score (nSPS) is 12.4. The van der Waals surface area contributed by atoms with E-state index >= 15 is 0 Å². The minimum atomic E-state index is -0.308. The average molecular weight is 257 g/mol. The first kappa shape index (κ1) is 11.4. The molecule has 1 aromatic carbocycles. The number of aromatic nitrogens is 1. The number of thiazole rings is 1. The fourth-order valence-electron chi connectivity index (χ4n) is 1.35. The van der Waals surface area contributed by atoms with Crippen molar-refractivity contribution >= 4 is 28.6 Å². The minimum Gasteiger partial charge on any atom is -0.376 e. The first-order valence-corrected chi connectivity index (χ1v) is 6.08. The predicted molar refractivity (Wildman–Crippen MR) is 65.6 cm³/mol. The topological polar surface area (TPSA) is 24.9 Å². The molecule has 0 saturated heterocycles. The zero-order chi connectivity index (χ0) is 11.5. The zero-order valence-electron chi connectivity index (χ0n) is 8.58. The molecule has 0 fully saturated rings. The molecule has 0 radical (unpaired) electrons. The van der Waals surface area contributed by atoms with Crippen molar-refractivity contribution in [2.75, 3.05) is 5.32 Å². The molecule has 0 saturated carbocycles. The Morgan fingerprint density at radius 3 is 3.00 bits per heavy atom. The van der Waals surface area contributed by atoms with Gasteiger partial charge in [-0.3, -0.25) is 0 Å². The number of hydrogen-bond acceptors (Lipinski definition) is 3. The summed E-state index contributed by atoms with van der Waals surface area (Å²) in [4.78, 5) is 4.18. The molecule has 0 bridgehead atoms. The van der Waals surface area contributed by atoms with E-state index in [4.69, 9.17) is 11.6 Å². The van der Waals surface area contributed by atoms with Crippen molar-refractivity contribution in [3.63, 3.8) is 0 Å². The van der Waals surface area contributed by atoms with Gasteiger partial charge in [-0.2, -0.15) is 0 Å². The Balaban J connectivity index is 2.17. The Morgan fingerprint density at radius 2 is 2.31 bits per heavy atom. The van der Waals surface area contributed by atoms with Crippen LogP contribution in [0.5, 0.6) is 0 Å². The van der Waals surface area contributed by atoms with Crippen molar-refractivity contribution in [2.45, 2.75) is 13.0 Å². The monoisotopic (exact) mass is 256 g/mol. The summed E-state index contributed by atoms with van der Waals surface area (Å²) < 4.78 is 13.0. The fourth-order valence-corrected chi connectivity index (χ4v) is 2.17. The summed E-state index contributed by atoms with van der Waals surface area (Å²) in [7, 11) is 0. The number of nitrogens with zero attached hydrogens (tertiary/aromatic N) is 1. The van der Waals surface area contributed by atoms with Gasteiger partial charge in [0.1, 0.15) is 5.82 Å². The van der Waals surface area contributed by atoms with Crippen LogP contribution in [-0.4, -0.2) is 4.98 Å². The van der Waals surface area contributed by atoms with E-state index in [-0.39, 0.29) is 11.9 Å². The Labute approximate surface area is 102 Å². The van der Waals surface area contributed by atoms with Crippen LogP contribution in [0.2, 0.25) is 5.02 Å². The summed E-state index contributed by atoms with van der Waals surface area (Å²) in [5.74, 6) is -0.308. The minimum absolute atomic E-state index is 0.00514. The van der Waals surface area contributed by atoms with Crippen LogP contribution in [0, 0.1) is 5.82 Å². The lowest BCUT2D eigenvalue weighted by Gasteiger charge is -2.14. The van der Waals surface area contributed by atoms with Crippen molar-refractivity contribution in [3.8, 4) is 0 Å². The molecule has 2 nitrogen and oxygen atoms in total. The van der Waals surface area contributed by atoms with Crippen LogP contribution < -0.4 is 5.32 Å². The van der Waals surface area contributed by atoms with E-state index in [1.54, 1.807) is 5.51 Å². The summed E-state index contributed by atoms with van der Waals surface area (Å²) in [5, 5.41) is 5.58. The molecule has 2 aromatic rings. The Morgan fingerprint density at radius 1 is 1.50 bits per heavy atom. The van der Waals surface area contributed by atoms with E-state index in [0.29, 0.717) is 10.7 Å². The second kappa shape index (κ2) is 4.80. The van der Waals surface area contributed by atoms with Crippen molar-refractivity contribution in [2.24, 2.45) is 0 Å². The van der Waals surface area contributed by atoms with Crippen molar-refractivity contribution in [1.29, 1.82) is 0 Å². The molecule has 5 heteroatoms. The predicted octanol–water partition coefficient (Wildman–Crippen LogP) is 4.11. The summed E-state index contributed by atoms with van der Waals surface area (Å²) >= 11 is 7.48. The molecule has 0 amide bonds. The van der Waals surface area contributed by atoms with Gasteiger partial charge in [-0.15, -0.1) is 11.3 Å². The summed E-state index contributed by atoms with van der Waals surface area (Å²) in [5.41, 5.74) is 3.27. The van der Waals surface area contributed by atoms with Crippen LogP contribution in [0.4, 0.5) is 10.1 Å². The third-order valence-corrected chi connectivity index (χ3v) is 3.13. The van der Waals surface area contributed by atoms with Crippen LogP contribution in [0.15, 0.2) is 29.1 Å². The Bertz CT molecular complexity index is 473. The molecule has 1 N–H and O–H groups in total. The molecule has 2 rings (SSSR count). The maximum absolute atomic E-state index is 13.0. The third kappa shape index (κ3) is 2.51. The Kier molecular flexibility index (Phi) is 3.41. The first-order chi connectivity index (χ1) is 7.66. The molecule has 0 spiro atoms. The highest BCUT2D eigenvalue weighted by atomic mass is 35.5. The van der Waals surface area contributed by atoms with Gasteiger partial charge in [-0.25, -0.2) is 9.37 Å². The van der Waals surface area contributed by atoms with Gasteiger partial charge in [0.2, 0.25) is 0 Å². The standard InChI is InChI=1S/C11H10ClFN2S/c1-7(11-5-16-6-14-11)15-10-4-8(13)2-3-9(10)12/h2-7,15H,1H3. The first-order valence-electron chi connectivity index (χ1n) is 4.76. The van der Waals surface area contributed by atoms with Crippen LogP contribution in [0.1, 0.15) is 18.7 Å². The molecular weight excluding hydrogens is 247 g/mol. The smallest absolute Gasteiger partial charge is 0.125 e. The summed E-state index contributed by atoms with van der Waals surface area (Å²) in [6.45, 7) is 1.95. The molecule has 1 unspecified atom stereocenters. The maximum Gasteiger partial charge on any atom is 0.125 e. The molecule has 0 aliphatic heterocycles. The largest absolute Gasteiger partial charge is 0.376 e. The number of rotatable bonds is 3. The molecule has 0 aliphatic carbocycles. The molecule has 1 atom stereocenters. The van der Waals surface area contributed by atoms with Gasteiger partial charge in [-0.05, 0) is 25.1 Å². The lowest BCUT2D eigenvalue weighted by Crippen LogP contribution is -2.07. The van der Waals surface area contributed by atoms with E-state index in [9.17, 15) is 4.39 Å². The third-order valence-electron chi connectivity index (χ3n) is 2.20. The summed E-state index contributed by atoms with van der Waals surface area (Å²) in [6.07, 6.45) is 0. The molecule has 1 heterocycles. The molecule has 1 aromatic heterocycles. The van der Waals surface area contributed by atoms with E-state index in [1.807, 2.05) is 12.3 Å².